The molecule has 1 aromatic carbocycles. The zero-order chi connectivity index (χ0) is 12.1. The maximum Gasteiger partial charge on any atom is 0.387 e. The average molecular weight is 232 g/mol. The van der Waals surface area contributed by atoms with Crippen LogP contribution in [0.3, 0.4) is 0 Å². The Kier molecular flexibility index (Phi) is 4.19. The highest BCUT2D eigenvalue weighted by molar-refractivity contribution is 5.76. The van der Waals surface area contributed by atoms with Gasteiger partial charge in [-0.3, -0.25) is 0 Å². The average Bonchev–Trinajstić information content (AvgIpc) is 2.26. The fourth-order valence-corrected chi connectivity index (χ4v) is 1.11. The van der Waals surface area contributed by atoms with E-state index in [1.54, 1.807) is 0 Å². The summed E-state index contributed by atoms with van der Waals surface area (Å²) in [7, 11) is 1.12. The molecule has 0 aliphatic heterocycles. The maximum atomic E-state index is 11.9. The van der Waals surface area contributed by atoms with Crippen LogP contribution in [0.1, 0.15) is 11.7 Å². The van der Waals surface area contributed by atoms with Crippen molar-refractivity contribution in [2.75, 3.05) is 7.11 Å². The molecule has 1 N–H and O–H groups in total. The number of carbonyl (C=O) groups is 1. The summed E-state index contributed by atoms with van der Waals surface area (Å²) < 4.78 is 32.2. The third-order valence-corrected chi connectivity index (χ3v) is 1.82. The number of aliphatic hydroxyl groups excluding tert-OH is 1. The van der Waals surface area contributed by atoms with Gasteiger partial charge in [0.15, 0.2) is 6.10 Å². The standard InChI is InChI=1S/C10H10F2O4/c1-15-9(14)8(13)6-3-2-4-7(5-6)16-10(11)12/h2-5,8,10,13H,1H3. The second kappa shape index (κ2) is 5.41. The van der Waals surface area contributed by atoms with Gasteiger partial charge in [0.25, 0.3) is 0 Å². The van der Waals surface area contributed by atoms with Crippen molar-refractivity contribution in [3.8, 4) is 5.75 Å². The summed E-state index contributed by atoms with van der Waals surface area (Å²) >= 11 is 0. The Morgan fingerprint density at radius 2 is 2.12 bits per heavy atom. The van der Waals surface area contributed by atoms with Crippen molar-refractivity contribution in [2.45, 2.75) is 12.7 Å². The summed E-state index contributed by atoms with van der Waals surface area (Å²) in [6.07, 6.45) is -1.51. The largest absolute Gasteiger partial charge is 0.467 e. The van der Waals surface area contributed by atoms with Crippen LogP contribution in [0.2, 0.25) is 0 Å². The first-order valence-electron chi connectivity index (χ1n) is 4.35. The minimum atomic E-state index is -2.95. The van der Waals surface area contributed by atoms with Gasteiger partial charge in [0.2, 0.25) is 0 Å². The lowest BCUT2D eigenvalue weighted by atomic mass is 10.1. The Morgan fingerprint density at radius 3 is 2.69 bits per heavy atom. The predicted molar refractivity (Wildman–Crippen MR) is 50.0 cm³/mol. The molecular formula is C10H10F2O4. The van der Waals surface area contributed by atoms with Gasteiger partial charge in [-0.15, -0.1) is 0 Å². The van der Waals surface area contributed by atoms with Crippen molar-refractivity contribution in [1.29, 1.82) is 0 Å². The third kappa shape index (κ3) is 3.16. The van der Waals surface area contributed by atoms with Crippen molar-refractivity contribution in [1.82, 2.24) is 0 Å². The van der Waals surface area contributed by atoms with E-state index < -0.39 is 18.7 Å². The van der Waals surface area contributed by atoms with Gasteiger partial charge >= 0.3 is 12.6 Å². The number of halogens is 2. The van der Waals surface area contributed by atoms with Crippen LogP contribution >= 0.6 is 0 Å². The van der Waals surface area contributed by atoms with Gasteiger partial charge in [-0.2, -0.15) is 8.78 Å². The van der Waals surface area contributed by atoms with Crippen LogP contribution in [0.5, 0.6) is 5.75 Å². The van der Waals surface area contributed by atoms with Crippen LogP contribution in [-0.2, 0) is 9.53 Å². The number of hydrogen-bond donors (Lipinski definition) is 1. The van der Waals surface area contributed by atoms with Crippen LogP contribution in [0.15, 0.2) is 24.3 Å². The molecule has 0 saturated carbocycles. The first-order chi connectivity index (χ1) is 7.54. The molecule has 4 nitrogen and oxygen atoms in total. The minimum Gasteiger partial charge on any atom is -0.467 e. The van der Waals surface area contributed by atoms with Gasteiger partial charge in [-0.05, 0) is 17.7 Å². The number of ether oxygens (including phenoxy) is 2. The summed E-state index contributed by atoms with van der Waals surface area (Å²) in [5, 5.41) is 9.43. The highest BCUT2D eigenvalue weighted by atomic mass is 19.3. The maximum absolute atomic E-state index is 11.9. The molecule has 0 aliphatic rings. The van der Waals surface area contributed by atoms with Gasteiger partial charge in [-0.25, -0.2) is 4.79 Å². The minimum absolute atomic E-state index is 0.129. The second-order valence-electron chi connectivity index (χ2n) is 2.88. The van der Waals surface area contributed by atoms with Crippen LogP contribution < -0.4 is 4.74 Å². The van der Waals surface area contributed by atoms with Gasteiger partial charge in [0, 0.05) is 0 Å². The number of aliphatic hydroxyl groups is 1. The molecule has 0 radical (unpaired) electrons. The highest BCUT2D eigenvalue weighted by Crippen LogP contribution is 2.21. The highest BCUT2D eigenvalue weighted by Gasteiger charge is 2.18. The number of carbonyl (C=O) groups excluding carboxylic acids is 1. The Hall–Kier alpha value is -1.69. The van der Waals surface area contributed by atoms with E-state index in [0.29, 0.717) is 0 Å². The predicted octanol–water partition coefficient (Wildman–Crippen LogP) is 1.49. The van der Waals surface area contributed by atoms with Crippen molar-refractivity contribution >= 4 is 5.97 Å². The van der Waals surface area contributed by atoms with Crippen LogP contribution in [-0.4, -0.2) is 24.8 Å². The molecule has 0 saturated heterocycles. The fourth-order valence-electron chi connectivity index (χ4n) is 1.11. The molecule has 0 fully saturated rings. The van der Waals surface area contributed by atoms with Gasteiger partial charge < -0.3 is 14.6 Å². The molecule has 1 unspecified atom stereocenters. The van der Waals surface area contributed by atoms with Gasteiger partial charge in [0.1, 0.15) is 5.75 Å². The number of methoxy groups -OCH3 is 1. The van der Waals surface area contributed by atoms with Crippen LogP contribution in [0.4, 0.5) is 8.78 Å². The van der Waals surface area contributed by atoms with Gasteiger partial charge in [0.05, 0.1) is 7.11 Å². The normalized spacial score (nSPS) is 12.3. The summed E-state index contributed by atoms with van der Waals surface area (Å²) in [4.78, 5) is 11.0. The van der Waals surface area contributed by atoms with Crippen molar-refractivity contribution < 1.29 is 28.2 Å². The van der Waals surface area contributed by atoms with Crippen LogP contribution in [0.25, 0.3) is 0 Å². The SMILES string of the molecule is COC(=O)C(O)c1cccc(OC(F)F)c1. The first-order valence-corrected chi connectivity index (χ1v) is 4.35. The number of alkyl halides is 2. The summed E-state index contributed by atoms with van der Waals surface area (Å²) in [6.45, 7) is -2.95. The molecule has 6 heteroatoms. The smallest absolute Gasteiger partial charge is 0.387 e. The molecule has 1 aromatic rings. The lowest BCUT2D eigenvalue weighted by Gasteiger charge is -2.10. The molecular weight excluding hydrogens is 222 g/mol. The van der Waals surface area contributed by atoms with E-state index in [1.807, 2.05) is 0 Å². The van der Waals surface area contributed by atoms with E-state index in [4.69, 9.17) is 0 Å². The first kappa shape index (κ1) is 12.4. The molecule has 16 heavy (non-hydrogen) atoms. The Morgan fingerprint density at radius 1 is 1.44 bits per heavy atom. The molecule has 0 bridgehead atoms. The summed E-state index contributed by atoms with van der Waals surface area (Å²) in [6, 6.07) is 5.23. The molecule has 0 aromatic heterocycles. The van der Waals surface area contributed by atoms with E-state index in [-0.39, 0.29) is 11.3 Å². The number of hydrogen-bond acceptors (Lipinski definition) is 4. The molecule has 1 rings (SSSR count). The molecule has 1 atom stereocenters. The molecule has 0 spiro atoms. The Labute approximate surface area is 90.4 Å². The monoisotopic (exact) mass is 232 g/mol. The Balaban J connectivity index is 2.85. The quantitative estimate of drug-likeness (QED) is 0.799. The van der Waals surface area contributed by atoms with E-state index in [1.165, 1.54) is 18.2 Å². The molecule has 0 heterocycles. The number of benzene rings is 1. The zero-order valence-electron chi connectivity index (χ0n) is 8.39. The topological polar surface area (TPSA) is 55.8 Å². The van der Waals surface area contributed by atoms with E-state index in [2.05, 4.69) is 9.47 Å². The fraction of sp³-hybridized carbons (Fsp3) is 0.300. The number of esters is 1. The lowest BCUT2D eigenvalue weighted by Crippen LogP contribution is -2.13. The van der Waals surface area contributed by atoms with Crippen molar-refractivity contribution in [3.63, 3.8) is 0 Å². The second-order valence-corrected chi connectivity index (χ2v) is 2.88. The van der Waals surface area contributed by atoms with Crippen molar-refractivity contribution in [2.24, 2.45) is 0 Å². The lowest BCUT2D eigenvalue weighted by molar-refractivity contribution is -0.150. The van der Waals surface area contributed by atoms with E-state index in [0.717, 1.165) is 13.2 Å². The molecule has 88 valence electrons. The van der Waals surface area contributed by atoms with E-state index in [9.17, 15) is 18.7 Å². The zero-order valence-corrected chi connectivity index (χ0v) is 8.39. The third-order valence-electron chi connectivity index (χ3n) is 1.82. The number of rotatable bonds is 4. The summed E-state index contributed by atoms with van der Waals surface area (Å²) in [5.41, 5.74) is 0.130. The molecule has 0 aliphatic carbocycles. The van der Waals surface area contributed by atoms with E-state index >= 15 is 0 Å². The summed E-state index contributed by atoms with van der Waals surface area (Å²) in [5.74, 6) is -0.996. The molecule has 0 amide bonds. The van der Waals surface area contributed by atoms with Crippen LogP contribution in [0, 0.1) is 0 Å². The van der Waals surface area contributed by atoms with Crippen molar-refractivity contribution in [3.05, 3.63) is 29.8 Å². The Bertz CT molecular complexity index is 368. The van der Waals surface area contributed by atoms with Gasteiger partial charge in [-0.1, -0.05) is 12.1 Å².